The van der Waals surface area contributed by atoms with Crippen molar-refractivity contribution in [2.24, 2.45) is 11.7 Å². The Bertz CT molecular complexity index is 557. The number of piperidine rings is 1. The number of benzene rings is 1. The Morgan fingerprint density at radius 3 is 2.62 bits per heavy atom. The minimum absolute atomic E-state index is 0.156. The van der Waals surface area contributed by atoms with Crippen LogP contribution >= 0.6 is 11.6 Å². The van der Waals surface area contributed by atoms with Crippen LogP contribution < -0.4 is 10.5 Å². The van der Waals surface area contributed by atoms with Gasteiger partial charge in [-0.2, -0.15) is 0 Å². The standard InChI is InChI=1S/C18H28ClN3O2/c1-13(21(2)3)15-6-8-22(9-7-15)11-14-4-5-17(16(19)10-14)24-12-18(20)23/h4-5,10,13,15H,6-9,11-12H2,1-3H3,(H2,20,23)/t13-/m1/s1. The maximum absolute atomic E-state index is 10.8. The van der Waals surface area contributed by atoms with Crippen LogP contribution in [-0.2, 0) is 11.3 Å². The van der Waals surface area contributed by atoms with E-state index in [2.05, 4.69) is 30.8 Å². The van der Waals surface area contributed by atoms with E-state index < -0.39 is 5.91 Å². The third-order valence-electron chi connectivity index (χ3n) is 4.90. The summed E-state index contributed by atoms with van der Waals surface area (Å²) < 4.78 is 5.28. The van der Waals surface area contributed by atoms with Gasteiger partial charge in [-0.15, -0.1) is 0 Å². The molecule has 0 bridgehead atoms. The first-order chi connectivity index (χ1) is 11.4. The number of likely N-dealkylation sites (tertiary alicyclic amines) is 1. The maximum Gasteiger partial charge on any atom is 0.255 e. The van der Waals surface area contributed by atoms with Crippen molar-refractivity contribution in [2.75, 3.05) is 33.8 Å². The second kappa shape index (κ2) is 8.70. The second-order valence-electron chi connectivity index (χ2n) is 6.84. The van der Waals surface area contributed by atoms with Gasteiger partial charge in [-0.05, 0) is 70.6 Å². The smallest absolute Gasteiger partial charge is 0.255 e. The highest BCUT2D eigenvalue weighted by Gasteiger charge is 2.24. The predicted octanol–water partition coefficient (Wildman–Crippen LogP) is 2.37. The zero-order valence-corrected chi connectivity index (χ0v) is 15.6. The minimum atomic E-state index is -0.509. The third kappa shape index (κ3) is 5.36. The van der Waals surface area contributed by atoms with Crippen molar-refractivity contribution in [1.82, 2.24) is 9.80 Å². The van der Waals surface area contributed by atoms with Crippen LogP contribution in [0.15, 0.2) is 18.2 Å². The first-order valence-corrected chi connectivity index (χ1v) is 8.83. The van der Waals surface area contributed by atoms with Crippen molar-refractivity contribution in [2.45, 2.75) is 32.4 Å². The average molecular weight is 354 g/mol. The lowest BCUT2D eigenvalue weighted by Gasteiger charge is -2.37. The summed E-state index contributed by atoms with van der Waals surface area (Å²) in [7, 11) is 4.31. The van der Waals surface area contributed by atoms with Gasteiger partial charge in [0, 0.05) is 12.6 Å². The number of halogens is 1. The number of nitrogens with two attached hydrogens (primary N) is 1. The molecular formula is C18H28ClN3O2. The van der Waals surface area contributed by atoms with Gasteiger partial charge in [-0.25, -0.2) is 0 Å². The van der Waals surface area contributed by atoms with E-state index in [0.29, 0.717) is 16.8 Å². The van der Waals surface area contributed by atoms with E-state index in [9.17, 15) is 4.79 Å². The Balaban J connectivity index is 1.86. The average Bonchev–Trinajstić information content (AvgIpc) is 2.54. The van der Waals surface area contributed by atoms with E-state index in [1.807, 2.05) is 18.2 Å². The zero-order chi connectivity index (χ0) is 17.7. The van der Waals surface area contributed by atoms with E-state index in [-0.39, 0.29) is 6.61 Å². The van der Waals surface area contributed by atoms with Crippen LogP contribution in [0, 0.1) is 5.92 Å². The summed E-state index contributed by atoms with van der Waals surface area (Å²) in [4.78, 5) is 15.6. The van der Waals surface area contributed by atoms with Gasteiger partial charge in [0.05, 0.1) is 5.02 Å². The Morgan fingerprint density at radius 1 is 1.42 bits per heavy atom. The second-order valence-corrected chi connectivity index (χ2v) is 7.24. The highest BCUT2D eigenvalue weighted by atomic mass is 35.5. The molecule has 1 aromatic rings. The fourth-order valence-electron chi connectivity index (χ4n) is 3.18. The maximum atomic E-state index is 10.8. The number of ether oxygens (including phenoxy) is 1. The molecule has 1 aliphatic rings. The highest BCUT2D eigenvalue weighted by molar-refractivity contribution is 6.32. The van der Waals surface area contributed by atoms with Gasteiger partial charge < -0.3 is 15.4 Å². The molecule has 1 heterocycles. The summed E-state index contributed by atoms with van der Waals surface area (Å²) in [5.74, 6) is 0.757. The summed E-state index contributed by atoms with van der Waals surface area (Å²) in [6.07, 6.45) is 2.46. The molecule has 5 nitrogen and oxygen atoms in total. The van der Waals surface area contributed by atoms with Crippen LogP contribution in [0.3, 0.4) is 0 Å². The number of primary amides is 1. The zero-order valence-electron chi connectivity index (χ0n) is 14.8. The van der Waals surface area contributed by atoms with Gasteiger partial charge in [-0.1, -0.05) is 17.7 Å². The molecule has 0 radical (unpaired) electrons. The monoisotopic (exact) mass is 353 g/mol. The third-order valence-corrected chi connectivity index (χ3v) is 5.20. The Labute approximate surface area is 149 Å². The first-order valence-electron chi connectivity index (χ1n) is 8.45. The van der Waals surface area contributed by atoms with Gasteiger partial charge in [0.15, 0.2) is 6.61 Å². The molecule has 0 aromatic heterocycles. The lowest BCUT2D eigenvalue weighted by molar-refractivity contribution is -0.119. The number of amides is 1. The molecule has 0 aliphatic carbocycles. The fourth-order valence-corrected chi connectivity index (χ4v) is 3.44. The van der Waals surface area contributed by atoms with Gasteiger partial charge >= 0.3 is 0 Å². The topological polar surface area (TPSA) is 58.8 Å². The van der Waals surface area contributed by atoms with Crippen LogP contribution in [0.4, 0.5) is 0 Å². The van der Waals surface area contributed by atoms with Crippen molar-refractivity contribution < 1.29 is 9.53 Å². The van der Waals surface area contributed by atoms with E-state index in [1.165, 1.54) is 12.8 Å². The molecule has 1 aliphatic heterocycles. The highest BCUT2D eigenvalue weighted by Crippen LogP contribution is 2.28. The van der Waals surface area contributed by atoms with E-state index >= 15 is 0 Å². The Kier molecular flexibility index (Phi) is 6.90. The molecule has 1 atom stereocenters. The number of carbonyl (C=O) groups is 1. The van der Waals surface area contributed by atoms with Crippen LogP contribution in [0.2, 0.25) is 5.02 Å². The van der Waals surface area contributed by atoms with Gasteiger partial charge in [-0.3, -0.25) is 9.69 Å². The Morgan fingerprint density at radius 2 is 2.08 bits per heavy atom. The summed E-state index contributed by atoms with van der Waals surface area (Å²) in [6.45, 7) is 5.27. The fraction of sp³-hybridized carbons (Fsp3) is 0.611. The summed E-state index contributed by atoms with van der Waals surface area (Å²) in [5, 5.41) is 0.518. The van der Waals surface area contributed by atoms with Gasteiger partial charge in [0.2, 0.25) is 0 Å². The number of carbonyl (C=O) groups excluding carboxylic acids is 1. The predicted molar refractivity (Wildman–Crippen MR) is 97.3 cm³/mol. The summed E-state index contributed by atoms with van der Waals surface area (Å²) in [6, 6.07) is 6.34. The number of hydrogen-bond donors (Lipinski definition) is 1. The Hall–Kier alpha value is -1.30. The van der Waals surface area contributed by atoms with Crippen molar-refractivity contribution in [3.63, 3.8) is 0 Å². The number of nitrogens with zero attached hydrogens (tertiary/aromatic N) is 2. The molecular weight excluding hydrogens is 326 g/mol. The molecule has 24 heavy (non-hydrogen) atoms. The van der Waals surface area contributed by atoms with E-state index in [1.54, 1.807) is 0 Å². The first kappa shape index (κ1) is 19.0. The SMILES string of the molecule is C[C@H](C1CCN(Cc2ccc(OCC(N)=O)c(Cl)c2)CC1)N(C)C. The molecule has 134 valence electrons. The van der Waals surface area contributed by atoms with Gasteiger partial charge in [0.1, 0.15) is 5.75 Å². The summed E-state index contributed by atoms with van der Waals surface area (Å²) in [5.41, 5.74) is 6.24. The molecule has 1 saturated heterocycles. The van der Waals surface area contributed by atoms with E-state index in [4.69, 9.17) is 22.1 Å². The van der Waals surface area contributed by atoms with Crippen LogP contribution in [0.25, 0.3) is 0 Å². The molecule has 0 unspecified atom stereocenters. The van der Waals surface area contributed by atoms with Crippen molar-refractivity contribution in [1.29, 1.82) is 0 Å². The van der Waals surface area contributed by atoms with Gasteiger partial charge in [0.25, 0.3) is 5.91 Å². The number of rotatable bonds is 7. The molecule has 1 amide bonds. The lowest BCUT2D eigenvalue weighted by Crippen LogP contribution is -2.41. The van der Waals surface area contributed by atoms with Crippen LogP contribution in [0.1, 0.15) is 25.3 Å². The van der Waals surface area contributed by atoms with Crippen molar-refractivity contribution >= 4 is 17.5 Å². The lowest BCUT2D eigenvalue weighted by atomic mass is 9.89. The number of hydrogen-bond acceptors (Lipinski definition) is 4. The van der Waals surface area contributed by atoms with Crippen LogP contribution in [0.5, 0.6) is 5.75 Å². The molecule has 6 heteroatoms. The molecule has 2 rings (SSSR count). The van der Waals surface area contributed by atoms with Crippen LogP contribution in [-0.4, -0.2) is 55.5 Å². The van der Waals surface area contributed by atoms with E-state index in [0.717, 1.165) is 31.1 Å². The quantitative estimate of drug-likeness (QED) is 0.817. The normalized spacial score (nSPS) is 17.9. The minimum Gasteiger partial charge on any atom is -0.482 e. The molecule has 0 spiro atoms. The molecule has 0 saturated carbocycles. The summed E-state index contributed by atoms with van der Waals surface area (Å²) >= 11 is 6.23. The molecule has 1 fully saturated rings. The molecule has 2 N–H and O–H groups in total. The molecule has 1 aromatic carbocycles. The van der Waals surface area contributed by atoms with Crippen molar-refractivity contribution in [3.05, 3.63) is 28.8 Å². The van der Waals surface area contributed by atoms with Crippen molar-refractivity contribution in [3.8, 4) is 5.75 Å². The largest absolute Gasteiger partial charge is 0.482 e.